The van der Waals surface area contributed by atoms with Crippen LogP contribution < -0.4 is 5.32 Å². The number of esters is 2. The van der Waals surface area contributed by atoms with Gasteiger partial charge in [-0.3, -0.25) is 9.59 Å². The minimum atomic E-state index is -3.76. The van der Waals surface area contributed by atoms with Crippen molar-refractivity contribution < 1.29 is 36.3 Å². The van der Waals surface area contributed by atoms with Crippen LogP contribution in [0.5, 0.6) is 0 Å². The maximum absolute atomic E-state index is 15.2. The van der Waals surface area contributed by atoms with Crippen LogP contribution in [0.4, 0.5) is 8.78 Å². The molecule has 7 nitrogen and oxygen atoms in total. The van der Waals surface area contributed by atoms with E-state index in [2.05, 4.69) is 5.32 Å². The standard InChI is InChI=1S/C25H29F2NO6S/c1-4-33-24(29)23(25(30)34-5-2)18-13-19(26)17(11-20(18)27)12-21-15(3)28-14-22(35(21,31)32)16-9-7-6-8-10-16/h6-11,13,15,21-23,28H,4-5,12,14H2,1-3H3/t15-,21?,22-/m0/s1. The Kier molecular flexibility index (Phi) is 8.60. The Morgan fingerprint density at radius 2 is 1.63 bits per heavy atom. The lowest BCUT2D eigenvalue weighted by Gasteiger charge is -2.35. The molecule has 0 amide bonds. The molecule has 0 bridgehead atoms. The predicted octanol–water partition coefficient (Wildman–Crippen LogP) is 3.23. The van der Waals surface area contributed by atoms with E-state index in [0.29, 0.717) is 5.56 Å². The van der Waals surface area contributed by atoms with Crippen molar-refractivity contribution in [1.29, 1.82) is 0 Å². The summed E-state index contributed by atoms with van der Waals surface area (Å²) in [4.78, 5) is 24.6. The fourth-order valence-electron chi connectivity index (χ4n) is 4.30. The highest BCUT2D eigenvalue weighted by atomic mass is 32.2. The number of sulfone groups is 1. The van der Waals surface area contributed by atoms with Gasteiger partial charge < -0.3 is 14.8 Å². The second-order valence-electron chi connectivity index (χ2n) is 8.33. The van der Waals surface area contributed by atoms with Gasteiger partial charge in [-0.25, -0.2) is 17.2 Å². The maximum Gasteiger partial charge on any atom is 0.325 e. The van der Waals surface area contributed by atoms with Crippen molar-refractivity contribution >= 4 is 21.8 Å². The fourth-order valence-corrected chi connectivity index (χ4v) is 6.67. The number of carbonyl (C=O) groups excluding carboxylic acids is 2. The van der Waals surface area contributed by atoms with Gasteiger partial charge in [0.05, 0.1) is 23.7 Å². The van der Waals surface area contributed by atoms with E-state index in [1.165, 1.54) is 13.8 Å². The molecule has 0 radical (unpaired) electrons. The van der Waals surface area contributed by atoms with Crippen LogP contribution in [-0.4, -0.2) is 51.4 Å². The topological polar surface area (TPSA) is 98.8 Å². The molecule has 3 atom stereocenters. The van der Waals surface area contributed by atoms with Gasteiger partial charge in [-0.15, -0.1) is 0 Å². The highest BCUT2D eigenvalue weighted by Crippen LogP contribution is 2.34. The molecule has 0 aromatic heterocycles. The van der Waals surface area contributed by atoms with Crippen molar-refractivity contribution in [3.05, 3.63) is 70.8 Å². The van der Waals surface area contributed by atoms with Gasteiger partial charge in [0.25, 0.3) is 0 Å². The van der Waals surface area contributed by atoms with E-state index in [1.54, 1.807) is 37.3 Å². The minimum Gasteiger partial charge on any atom is -0.465 e. The molecule has 35 heavy (non-hydrogen) atoms. The number of rotatable bonds is 8. The Morgan fingerprint density at radius 1 is 1.03 bits per heavy atom. The third-order valence-electron chi connectivity index (χ3n) is 6.12. The Balaban J connectivity index is 1.95. The quantitative estimate of drug-likeness (QED) is 0.431. The van der Waals surface area contributed by atoms with Crippen molar-refractivity contribution in [3.63, 3.8) is 0 Å². The molecule has 1 heterocycles. The first-order valence-corrected chi connectivity index (χ1v) is 13.0. The molecular formula is C25H29F2NO6S. The van der Waals surface area contributed by atoms with Crippen LogP contribution in [-0.2, 0) is 35.3 Å². The van der Waals surface area contributed by atoms with Gasteiger partial charge in [0.1, 0.15) is 11.6 Å². The first-order valence-electron chi connectivity index (χ1n) is 11.4. The SMILES string of the molecule is CCOC(=O)C(C(=O)OCC)c1cc(F)c(CC2[C@H](C)NC[C@@H](c3ccccc3)S2(=O)=O)cc1F. The molecule has 3 rings (SSSR count). The minimum absolute atomic E-state index is 0.0655. The summed E-state index contributed by atoms with van der Waals surface area (Å²) in [5, 5.41) is 1.31. The molecule has 1 N–H and O–H groups in total. The summed E-state index contributed by atoms with van der Waals surface area (Å²) >= 11 is 0. The maximum atomic E-state index is 15.2. The molecule has 1 aliphatic heterocycles. The molecule has 1 saturated heterocycles. The number of benzene rings is 2. The second-order valence-corrected chi connectivity index (χ2v) is 10.7. The summed E-state index contributed by atoms with van der Waals surface area (Å²) < 4.78 is 66.9. The number of hydrogen-bond donors (Lipinski definition) is 1. The average molecular weight is 510 g/mol. The van der Waals surface area contributed by atoms with E-state index in [1.807, 2.05) is 0 Å². The van der Waals surface area contributed by atoms with Crippen LogP contribution in [0.15, 0.2) is 42.5 Å². The molecule has 1 unspecified atom stereocenters. The lowest BCUT2D eigenvalue weighted by Crippen LogP contribution is -2.53. The van der Waals surface area contributed by atoms with E-state index in [4.69, 9.17) is 9.47 Å². The molecule has 10 heteroatoms. The number of halogens is 2. The van der Waals surface area contributed by atoms with Crippen LogP contribution in [0.1, 0.15) is 48.6 Å². The Morgan fingerprint density at radius 3 is 2.20 bits per heavy atom. The number of hydrogen-bond acceptors (Lipinski definition) is 7. The Labute approximate surface area is 203 Å². The van der Waals surface area contributed by atoms with E-state index < -0.39 is 61.4 Å². The summed E-state index contributed by atoms with van der Waals surface area (Å²) in [6.07, 6.45) is -0.285. The van der Waals surface area contributed by atoms with E-state index >= 15 is 8.78 Å². The Hall–Kier alpha value is -2.85. The predicted molar refractivity (Wildman–Crippen MR) is 125 cm³/mol. The number of ether oxygens (including phenoxy) is 2. The van der Waals surface area contributed by atoms with Crippen molar-refractivity contribution in [2.45, 2.75) is 49.7 Å². The summed E-state index contributed by atoms with van der Waals surface area (Å²) in [5.74, 6) is -5.86. The van der Waals surface area contributed by atoms with Gasteiger partial charge in [-0.05, 0) is 50.5 Å². The van der Waals surface area contributed by atoms with Crippen LogP contribution in [0.3, 0.4) is 0 Å². The zero-order valence-corrected chi connectivity index (χ0v) is 20.6. The molecule has 0 spiro atoms. The van der Waals surface area contributed by atoms with Crippen LogP contribution in [0.2, 0.25) is 0 Å². The second kappa shape index (κ2) is 11.3. The van der Waals surface area contributed by atoms with Crippen molar-refractivity contribution in [3.8, 4) is 0 Å². The number of nitrogens with one attached hydrogen (secondary N) is 1. The zero-order chi connectivity index (χ0) is 25.8. The van der Waals surface area contributed by atoms with Gasteiger partial charge in [0, 0.05) is 18.2 Å². The molecule has 2 aromatic rings. The summed E-state index contributed by atoms with van der Waals surface area (Å²) in [5.41, 5.74) is -0.0812. The normalized spacial score (nSPS) is 21.5. The van der Waals surface area contributed by atoms with Gasteiger partial charge in [0.15, 0.2) is 15.8 Å². The van der Waals surface area contributed by atoms with E-state index in [0.717, 1.165) is 12.1 Å². The zero-order valence-electron chi connectivity index (χ0n) is 19.8. The third-order valence-corrected chi connectivity index (χ3v) is 8.77. The highest BCUT2D eigenvalue weighted by Gasteiger charge is 2.43. The fraction of sp³-hybridized carbons (Fsp3) is 0.440. The van der Waals surface area contributed by atoms with Crippen molar-refractivity contribution in [1.82, 2.24) is 5.32 Å². The highest BCUT2D eigenvalue weighted by molar-refractivity contribution is 7.92. The van der Waals surface area contributed by atoms with Gasteiger partial charge in [0.2, 0.25) is 0 Å². The van der Waals surface area contributed by atoms with Gasteiger partial charge in [-0.2, -0.15) is 0 Å². The average Bonchev–Trinajstić information content (AvgIpc) is 2.80. The number of carbonyl (C=O) groups is 2. The molecule has 0 saturated carbocycles. The van der Waals surface area contributed by atoms with Gasteiger partial charge in [-0.1, -0.05) is 30.3 Å². The third kappa shape index (κ3) is 5.70. The van der Waals surface area contributed by atoms with Crippen LogP contribution in [0, 0.1) is 11.6 Å². The van der Waals surface area contributed by atoms with Crippen molar-refractivity contribution in [2.24, 2.45) is 0 Å². The molecular weight excluding hydrogens is 480 g/mol. The molecule has 2 aromatic carbocycles. The summed E-state index contributed by atoms with van der Waals surface area (Å²) in [6.45, 7) is 4.80. The molecule has 0 aliphatic carbocycles. The van der Waals surface area contributed by atoms with Crippen LogP contribution >= 0.6 is 0 Å². The summed E-state index contributed by atoms with van der Waals surface area (Å²) in [7, 11) is -3.76. The van der Waals surface area contributed by atoms with Gasteiger partial charge >= 0.3 is 11.9 Å². The molecule has 1 fully saturated rings. The lowest BCUT2D eigenvalue weighted by atomic mass is 9.95. The first-order chi connectivity index (χ1) is 16.6. The lowest BCUT2D eigenvalue weighted by molar-refractivity contribution is -0.157. The molecule has 190 valence electrons. The molecule has 1 aliphatic rings. The largest absolute Gasteiger partial charge is 0.465 e. The summed E-state index contributed by atoms with van der Waals surface area (Å²) in [6, 6.07) is 9.79. The van der Waals surface area contributed by atoms with E-state index in [-0.39, 0.29) is 31.7 Å². The first kappa shape index (κ1) is 26.7. The monoisotopic (exact) mass is 509 g/mol. The van der Waals surface area contributed by atoms with Crippen LogP contribution in [0.25, 0.3) is 0 Å². The Bertz CT molecular complexity index is 1150. The van der Waals surface area contributed by atoms with Crippen molar-refractivity contribution in [2.75, 3.05) is 19.8 Å². The van der Waals surface area contributed by atoms with E-state index in [9.17, 15) is 18.0 Å². The smallest absolute Gasteiger partial charge is 0.325 e.